The average Bonchev–Trinajstić information content (AvgIpc) is 2.93. The molecule has 0 atom stereocenters. The molecule has 0 bridgehead atoms. The highest BCUT2D eigenvalue weighted by atomic mass is 19.2. The van der Waals surface area contributed by atoms with Crippen LogP contribution in [0.15, 0.2) is 48.5 Å². The molecule has 0 aliphatic heterocycles. The lowest BCUT2D eigenvalue weighted by Gasteiger charge is -2.29. The van der Waals surface area contributed by atoms with Gasteiger partial charge < -0.3 is 9.47 Å². The monoisotopic (exact) mass is 528 g/mol. The normalized spacial score (nSPS) is 17.4. The molecule has 0 N–H and O–H groups in total. The van der Waals surface area contributed by atoms with Crippen molar-refractivity contribution in [2.75, 3.05) is 6.61 Å². The Kier molecular flexibility index (Phi) is 9.70. The summed E-state index contributed by atoms with van der Waals surface area (Å²) in [5, 5.41) is 0. The van der Waals surface area contributed by atoms with Gasteiger partial charge in [-0.2, -0.15) is 8.78 Å². The highest BCUT2D eigenvalue weighted by Gasteiger charge is 2.26. The summed E-state index contributed by atoms with van der Waals surface area (Å²) in [5.74, 6) is -3.42. The van der Waals surface area contributed by atoms with Crippen LogP contribution in [0.1, 0.15) is 82.3 Å². The Balaban J connectivity index is 1.39. The van der Waals surface area contributed by atoms with Crippen molar-refractivity contribution >= 4 is 0 Å². The number of ether oxygens (including phenoxy) is 2. The van der Waals surface area contributed by atoms with Gasteiger partial charge in [-0.1, -0.05) is 69.0 Å². The highest BCUT2D eigenvalue weighted by molar-refractivity contribution is 5.65. The number of halogens is 4. The van der Waals surface area contributed by atoms with E-state index in [0.717, 1.165) is 25.7 Å². The third-order valence-electron chi connectivity index (χ3n) is 7.59. The number of hydrogen-bond donors (Lipinski definition) is 0. The van der Waals surface area contributed by atoms with E-state index in [1.807, 2.05) is 0 Å². The van der Waals surface area contributed by atoms with Crippen molar-refractivity contribution in [1.29, 1.82) is 0 Å². The summed E-state index contributed by atoms with van der Waals surface area (Å²) < 4.78 is 69.1. The third-order valence-corrected chi connectivity index (χ3v) is 7.59. The third kappa shape index (κ3) is 6.51. The molecule has 4 rings (SSSR count). The molecule has 1 fully saturated rings. The van der Waals surface area contributed by atoms with Crippen molar-refractivity contribution in [3.8, 4) is 22.6 Å². The van der Waals surface area contributed by atoms with Crippen LogP contribution >= 0.6 is 0 Å². The molecule has 1 aliphatic rings. The maximum absolute atomic E-state index is 15.1. The van der Waals surface area contributed by atoms with Crippen molar-refractivity contribution in [3.05, 3.63) is 82.9 Å². The SMILES string of the molecule is CCCCCC1CCC(c2ccc(-c3ccc(COc4ccc(OCC)c(F)c4F)cc3)c(F)c2F)CC1. The molecule has 1 aliphatic carbocycles. The minimum Gasteiger partial charge on any atom is -0.491 e. The lowest BCUT2D eigenvalue weighted by Crippen LogP contribution is -2.15. The Labute approximate surface area is 223 Å². The quantitative estimate of drug-likeness (QED) is 0.182. The minimum absolute atomic E-state index is 0.0124. The van der Waals surface area contributed by atoms with E-state index >= 15 is 8.78 Å². The van der Waals surface area contributed by atoms with Gasteiger partial charge >= 0.3 is 0 Å². The van der Waals surface area contributed by atoms with Crippen LogP contribution in [0.25, 0.3) is 11.1 Å². The van der Waals surface area contributed by atoms with Gasteiger partial charge in [0, 0.05) is 5.56 Å². The predicted octanol–water partition coefficient (Wildman–Crippen LogP) is 9.74. The minimum atomic E-state index is -1.12. The Morgan fingerprint density at radius 3 is 1.97 bits per heavy atom. The number of hydrogen-bond acceptors (Lipinski definition) is 2. The zero-order valence-electron chi connectivity index (χ0n) is 22.2. The molecule has 3 aromatic rings. The predicted molar refractivity (Wildman–Crippen MR) is 142 cm³/mol. The van der Waals surface area contributed by atoms with Crippen LogP contribution in [0.4, 0.5) is 17.6 Å². The number of rotatable bonds is 11. The van der Waals surface area contributed by atoms with Crippen molar-refractivity contribution in [2.24, 2.45) is 5.92 Å². The first-order chi connectivity index (χ1) is 18.4. The summed E-state index contributed by atoms with van der Waals surface area (Å²) in [4.78, 5) is 0. The summed E-state index contributed by atoms with van der Waals surface area (Å²) in [6.45, 7) is 4.09. The number of benzene rings is 3. The van der Waals surface area contributed by atoms with E-state index < -0.39 is 23.3 Å². The van der Waals surface area contributed by atoms with Crippen LogP contribution in [0.2, 0.25) is 0 Å². The lowest BCUT2D eigenvalue weighted by molar-refractivity contribution is 0.274. The van der Waals surface area contributed by atoms with E-state index in [2.05, 4.69) is 6.92 Å². The van der Waals surface area contributed by atoms with Crippen molar-refractivity contribution in [1.82, 2.24) is 0 Å². The van der Waals surface area contributed by atoms with E-state index in [-0.39, 0.29) is 36.2 Å². The summed E-state index contributed by atoms with van der Waals surface area (Å²) in [6.07, 6.45) is 8.93. The fourth-order valence-electron chi connectivity index (χ4n) is 5.38. The molecule has 0 amide bonds. The van der Waals surface area contributed by atoms with Gasteiger partial charge in [0.05, 0.1) is 6.61 Å². The van der Waals surface area contributed by atoms with Crippen molar-refractivity contribution < 1.29 is 27.0 Å². The van der Waals surface area contributed by atoms with Crippen LogP contribution in [0.3, 0.4) is 0 Å². The molecule has 0 spiro atoms. The highest BCUT2D eigenvalue weighted by Crippen LogP contribution is 2.40. The fraction of sp³-hybridized carbons (Fsp3) is 0.438. The Morgan fingerprint density at radius 2 is 1.34 bits per heavy atom. The zero-order chi connectivity index (χ0) is 27.1. The van der Waals surface area contributed by atoms with Crippen LogP contribution in [0, 0.1) is 29.2 Å². The van der Waals surface area contributed by atoms with E-state index in [9.17, 15) is 8.78 Å². The smallest absolute Gasteiger partial charge is 0.204 e. The maximum Gasteiger partial charge on any atom is 0.204 e. The van der Waals surface area contributed by atoms with Crippen molar-refractivity contribution in [2.45, 2.75) is 77.7 Å². The Hall–Kier alpha value is -3.02. The molecule has 0 aromatic heterocycles. The van der Waals surface area contributed by atoms with Crippen LogP contribution < -0.4 is 9.47 Å². The summed E-state index contributed by atoms with van der Waals surface area (Å²) in [5.41, 5.74) is 1.89. The van der Waals surface area contributed by atoms with Gasteiger partial charge in [-0.25, -0.2) is 8.78 Å². The molecule has 204 valence electrons. The van der Waals surface area contributed by atoms with Gasteiger partial charge in [0.2, 0.25) is 11.6 Å². The van der Waals surface area contributed by atoms with Crippen LogP contribution in [-0.4, -0.2) is 6.61 Å². The Morgan fingerprint density at radius 1 is 0.684 bits per heavy atom. The first kappa shape index (κ1) is 28.0. The topological polar surface area (TPSA) is 18.5 Å². The number of unbranched alkanes of at least 4 members (excludes halogenated alkanes) is 2. The molecule has 0 radical (unpaired) electrons. The summed E-state index contributed by atoms with van der Waals surface area (Å²) in [6, 6.07) is 12.8. The zero-order valence-corrected chi connectivity index (χ0v) is 22.2. The van der Waals surface area contributed by atoms with Gasteiger partial charge in [-0.05, 0) is 73.3 Å². The lowest BCUT2D eigenvalue weighted by atomic mass is 9.76. The maximum atomic E-state index is 15.1. The summed E-state index contributed by atoms with van der Waals surface area (Å²) in [7, 11) is 0. The van der Waals surface area contributed by atoms with Crippen molar-refractivity contribution in [3.63, 3.8) is 0 Å². The van der Waals surface area contributed by atoms with E-state index in [4.69, 9.17) is 9.47 Å². The van der Waals surface area contributed by atoms with E-state index in [1.54, 1.807) is 43.3 Å². The molecule has 0 heterocycles. The molecule has 0 saturated heterocycles. The molecular weight excluding hydrogens is 492 g/mol. The molecule has 2 nitrogen and oxygen atoms in total. The summed E-state index contributed by atoms with van der Waals surface area (Å²) >= 11 is 0. The second-order valence-corrected chi connectivity index (χ2v) is 10.2. The van der Waals surface area contributed by atoms with Gasteiger partial charge in [0.25, 0.3) is 0 Å². The molecule has 3 aromatic carbocycles. The Bertz CT molecular complexity index is 1200. The van der Waals surface area contributed by atoms with E-state index in [1.165, 1.54) is 37.8 Å². The van der Waals surface area contributed by atoms with Gasteiger partial charge in [-0.15, -0.1) is 0 Å². The second-order valence-electron chi connectivity index (χ2n) is 10.2. The molecule has 6 heteroatoms. The average molecular weight is 529 g/mol. The van der Waals surface area contributed by atoms with Crippen LogP contribution in [0.5, 0.6) is 11.5 Å². The van der Waals surface area contributed by atoms with Gasteiger partial charge in [-0.3, -0.25) is 0 Å². The molecule has 0 unspecified atom stereocenters. The standard InChI is InChI=1S/C32H36F4O2/c1-3-5-6-7-21-8-12-23(13-9-21)25-16-17-26(30(34)29(25)33)24-14-10-22(11-15-24)20-38-28-19-18-27(37-4-2)31(35)32(28)36/h10-11,14-19,21,23H,3-9,12-13,20H2,1-2H3. The first-order valence-electron chi connectivity index (χ1n) is 13.7. The molecular formula is C32H36F4O2. The largest absolute Gasteiger partial charge is 0.491 e. The van der Waals surface area contributed by atoms with Crippen LogP contribution in [-0.2, 0) is 6.61 Å². The van der Waals surface area contributed by atoms with Gasteiger partial charge in [0.15, 0.2) is 23.1 Å². The van der Waals surface area contributed by atoms with Gasteiger partial charge in [0.1, 0.15) is 6.61 Å². The first-order valence-corrected chi connectivity index (χ1v) is 13.7. The van der Waals surface area contributed by atoms with E-state index in [0.29, 0.717) is 22.6 Å². The molecule has 1 saturated carbocycles. The second kappa shape index (κ2) is 13.2. The fourth-order valence-corrected chi connectivity index (χ4v) is 5.38. The molecule has 38 heavy (non-hydrogen) atoms.